The molecule has 1 aromatic rings. The molecule has 1 atom stereocenters. The fraction of sp³-hybridized carbons (Fsp3) is 0.333. The van der Waals surface area contributed by atoms with Crippen molar-refractivity contribution < 1.29 is 14.0 Å². The molecule has 20 heavy (non-hydrogen) atoms. The van der Waals surface area contributed by atoms with Gasteiger partial charge >= 0.3 is 6.03 Å². The third-order valence-corrected chi connectivity index (χ3v) is 3.27. The van der Waals surface area contributed by atoms with Crippen molar-refractivity contribution in [2.45, 2.75) is 13.0 Å². The molecule has 0 aliphatic carbocycles. The minimum absolute atomic E-state index is 0.0933. The Kier molecular flexibility index (Phi) is 6.19. The highest BCUT2D eigenvalue weighted by atomic mass is 35.5. The average Bonchev–Trinajstić information content (AvgIpc) is 2.41. The summed E-state index contributed by atoms with van der Waals surface area (Å²) in [4.78, 5) is 22.3. The Balaban J connectivity index is 2.68. The zero-order valence-electron chi connectivity index (χ0n) is 10.9. The van der Waals surface area contributed by atoms with Crippen LogP contribution in [0.2, 0.25) is 10.0 Å². The lowest BCUT2D eigenvalue weighted by Crippen LogP contribution is -2.42. The van der Waals surface area contributed by atoms with Gasteiger partial charge < -0.3 is 10.6 Å². The number of urea groups is 1. The number of hydrogen-bond donors (Lipinski definition) is 3. The summed E-state index contributed by atoms with van der Waals surface area (Å²) in [5, 5.41) is 7.35. The molecule has 1 aromatic carbocycles. The summed E-state index contributed by atoms with van der Waals surface area (Å²) in [7, 11) is 1.39. The Morgan fingerprint density at radius 2 is 2.00 bits per heavy atom. The fourth-order valence-electron chi connectivity index (χ4n) is 1.52. The average molecular weight is 322 g/mol. The Labute approximate surface area is 125 Å². The smallest absolute Gasteiger partial charge is 0.321 e. The quantitative estimate of drug-likeness (QED) is 0.745. The van der Waals surface area contributed by atoms with Crippen molar-refractivity contribution in [3.63, 3.8) is 0 Å². The van der Waals surface area contributed by atoms with Crippen molar-refractivity contribution in [1.82, 2.24) is 16.0 Å². The molecular weight excluding hydrogens is 308 g/mol. The number of carbonyl (C=O) groups excluding carboxylic acids is 2. The summed E-state index contributed by atoms with van der Waals surface area (Å²) >= 11 is 11.8. The van der Waals surface area contributed by atoms with Crippen molar-refractivity contribution in [1.29, 1.82) is 0 Å². The maximum Gasteiger partial charge on any atom is 0.321 e. The van der Waals surface area contributed by atoms with Crippen LogP contribution in [0.3, 0.4) is 0 Å². The van der Waals surface area contributed by atoms with Crippen LogP contribution >= 0.6 is 23.2 Å². The summed E-state index contributed by atoms with van der Waals surface area (Å²) < 4.78 is 13.4. The second-order valence-corrected chi connectivity index (χ2v) is 4.77. The van der Waals surface area contributed by atoms with Gasteiger partial charge in [-0.3, -0.25) is 10.1 Å². The highest BCUT2D eigenvalue weighted by Gasteiger charge is 2.17. The van der Waals surface area contributed by atoms with Crippen LogP contribution in [0, 0.1) is 5.82 Å². The van der Waals surface area contributed by atoms with Gasteiger partial charge in [0, 0.05) is 23.7 Å². The molecule has 0 aliphatic heterocycles. The zero-order chi connectivity index (χ0) is 15.3. The first-order valence-corrected chi connectivity index (χ1v) is 6.50. The van der Waals surface area contributed by atoms with E-state index in [-0.39, 0.29) is 11.6 Å². The SMILES string of the molecule is CNC(=O)NC(=O)CN[C@@H](C)c1c(Cl)ccc(F)c1Cl. The van der Waals surface area contributed by atoms with E-state index in [0.717, 1.165) is 0 Å². The summed E-state index contributed by atoms with van der Waals surface area (Å²) in [6.45, 7) is 1.54. The molecular formula is C12H14Cl2FN3O2. The third kappa shape index (κ3) is 4.33. The molecule has 0 saturated carbocycles. The second kappa shape index (κ2) is 7.42. The summed E-state index contributed by atoms with van der Waals surface area (Å²) in [6.07, 6.45) is 0. The van der Waals surface area contributed by atoms with Gasteiger partial charge in [-0.2, -0.15) is 0 Å². The number of halogens is 3. The molecule has 0 bridgehead atoms. The number of rotatable bonds is 4. The fourth-order valence-corrected chi connectivity index (χ4v) is 2.22. The van der Waals surface area contributed by atoms with Gasteiger partial charge in [-0.1, -0.05) is 23.2 Å². The molecule has 0 fully saturated rings. The maximum absolute atomic E-state index is 13.4. The molecule has 0 aromatic heterocycles. The summed E-state index contributed by atoms with van der Waals surface area (Å²) in [6, 6.07) is 1.49. The topological polar surface area (TPSA) is 70.2 Å². The van der Waals surface area contributed by atoms with Crippen LogP contribution in [0.1, 0.15) is 18.5 Å². The summed E-state index contributed by atoms with van der Waals surface area (Å²) in [5.41, 5.74) is 0.362. The first kappa shape index (κ1) is 16.7. The van der Waals surface area contributed by atoms with Gasteiger partial charge in [-0.25, -0.2) is 9.18 Å². The van der Waals surface area contributed by atoms with Crippen LogP contribution in [0.5, 0.6) is 0 Å². The number of imide groups is 1. The molecule has 0 radical (unpaired) electrons. The van der Waals surface area contributed by atoms with Gasteiger partial charge in [0.1, 0.15) is 5.82 Å². The van der Waals surface area contributed by atoms with E-state index in [4.69, 9.17) is 23.2 Å². The van der Waals surface area contributed by atoms with Gasteiger partial charge in [0.2, 0.25) is 5.91 Å². The predicted octanol–water partition coefficient (Wildman–Crippen LogP) is 2.24. The largest absolute Gasteiger partial charge is 0.341 e. The molecule has 1 rings (SSSR count). The minimum Gasteiger partial charge on any atom is -0.341 e. The first-order valence-electron chi connectivity index (χ1n) is 5.75. The number of amides is 3. The predicted molar refractivity (Wildman–Crippen MR) is 75.4 cm³/mol. The van der Waals surface area contributed by atoms with E-state index >= 15 is 0 Å². The maximum atomic E-state index is 13.4. The lowest BCUT2D eigenvalue weighted by atomic mass is 10.1. The second-order valence-electron chi connectivity index (χ2n) is 3.99. The standard InChI is InChI=1S/C12H14Cl2FN3O2/c1-6(17-5-9(19)18-12(20)16-2)10-7(13)3-4-8(15)11(10)14/h3-4,6,17H,5H2,1-2H3,(H2,16,18,19,20)/t6-/m0/s1. The molecule has 8 heteroatoms. The molecule has 3 N–H and O–H groups in total. The number of benzene rings is 1. The zero-order valence-corrected chi connectivity index (χ0v) is 12.4. The van der Waals surface area contributed by atoms with E-state index in [1.165, 1.54) is 19.2 Å². The molecule has 3 amide bonds. The molecule has 5 nitrogen and oxygen atoms in total. The summed E-state index contributed by atoms with van der Waals surface area (Å²) in [5.74, 6) is -1.12. The monoisotopic (exact) mass is 321 g/mol. The van der Waals surface area contributed by atoms with Crippen molar-refractivity contribution in [3.05, 3.63) is 33.6 Å². The third-order valence-electron chi connectivity index (χ3n) is 2.56. The van der Waals surface area contributed by atoms with E-state index in [9.17, 15) is 14.0 Å². The van der Waals surface area contributed by atoms with Crippen LogP contribution in [0.15, 0.2) is 12.1 Å². The van der Waals surface area contributed by atoms with Gasteiger partial charge in [0.05, 0.1) is 11.6 Å². The minimum atomic E-state index is -0.605. The van der Waals surface area contributed by atoms with Crippen LogP contribution < -0.4 is 16.0 Å². The Morgan fingerprint density at radius 3 is 2.60 bits per heavy atom. The normalized spacial score (nSPS) is 11.8. The van der Waals surface area contributed by atoms with Crippen molar-refractivity contribution in [3.8, 4) is 0 Å². The number of carbonyl (C=O) groups is 2. The molecule has 110 valence electrons. The van der Waals surface area contributed by atoms with Gasteiger partial charge in [-0.05, 0) is 19.1 Å². The van der Waals surface area contributed by atoms with E-state index in [2.05, 4.69) is 16.0 Å². The number of nitrogens with one attached hydrogen (secondary N) is 3. The Bertz CT molecular complexity index is 526. The molecule has 0 saturated heterocycles. The van der Waals surface area contributed by atoms with Crippen molar-refractivity contribution in [2.75, 3.05) is 13.6 Å². The van der Waals surface area contributed by atoms with E-state index in [1.54, 1.807) is 6.92 Å². The first-order chi connectivity index (χ1) is 9.36. The Hall–Kier alpha value is -1.37. The highest BCUT2D eigenvalue weighted by Crippen LogP contribution is 2.32. The number of hydrogen-bond acceptors (Lipinski definition) is 3. The lowest BCUT2D eigenvalue weighted by Gasteiger charge is -2.17. The van der Waals surface area contributed by atoms with Crippen LogP contribution in [-0.2, 0) is 4.79 Å². The van der Waals surface area contributed by atoms with E-state index in [0.29, 0.717) is 10.6 Å². The van der Waals surface area contributed by atoms with Crippen LogP contribution in [0.25, 0.3) is 0 Å². The van der Waals surface area contributed by atoms with E-state index in [1.807, 2.05) is 0 Å². The molecule has 0 unspecified atom stereocenters. The van der Waals surface area contributed by atoms with Gasteiger partial charge in [-0.15, -0.1) is 0 Å². The van der Waals surface area contributed by atoms with Crippen LogP contribution in [0.4, 0.5) is 9.18 Å². The van der Waals surface area contributed by atoms with Crippen molar-refractivity contribution >= 4 is 35.1 Å². The highest BCUT2D eigenvalue weighted by molar-refractivity contribution is 6.36. The molecule has 0 aliphatic rings. The van der Waals surface area contributed by atoms with Crippen molar-refractivity contribution in [2.24, 2.45) is 0 Å². The Morgan fingerprint density at radius 1 is 1.35 bits per heavy atom. The molecule has 0 spiro atoms. The van der Waals surface area contributed by atoms with Crippen LogP contribution in [-0.4, -0.2) is 25.5 Å². The lowest BCUT2D eigenvalue weighted by molar-refractivity contribution is -0.119. The van der Waals surface area contributed by atoms with E-state index < -0.39 is 23.8 Å². The molecule has 0 heterocycles. The van der Waals surface area contributed by atoms with Gasteiger partial charge in [0.15, 0.2) is 0 Å². The van der Waals surface area contributed by atoms with Gasteiger partial charge in [0.25, 0.3) is 0 Å².